The lowest BCUT2D eigenvalue weighted by Crippen LogP contribution is -2.43. The van der Waals surface area contributed by atoms with Crippen LogP contribution in [0.25, 0.3) is 0 Å². The molecule has 0 unspecified atom stereocenters. The Bertz CT molecular complexity index is 509. The van der Waals surface area contributed by atoms with E-state index in [2.05, 4.69) is 10.6 Å². The molecule has 0 saturated carbocycles. The van der Waals surface area contributed by atoms with Crippen LogP contribution in [0.1, 0.15) is 0 Å². The lowest BCUT2D eigenvalue weighted by atomic mass is 10.3. The van der Waals surface area contributed by atoms with Gasteiger partial charge in [-0.25, -0.2) is 5.01 Å². The highest BCUT2D eigenvalue weighted by molar-refractivity contribution is 5.84. The summed E-state index contributed by atoms with van der Waals surface area (Å²) in [6.45, 7) is 0. The Labute approximate surface area is 99.7 Å². The first-order valence-electron chi connectivity index (χ1n) is 5.43. The van der Waals surface area contributed by atoms with Gasteiger partial charge in [-0.05, 0) is 24.3 Å². The maximum atomic E-state index is 4.08. The van der Waals surface area contributed by atoms with E-state index in [0.717, 1.165) is 11.4 Å². The summed E-state index contributed by atoms with van der Waals surface area (Å²) in [7, 11) is 0. The molecule has 0 aromatic heterocycles. The number of benzene rings is 2. The Kier molecular flexibility index (Phi) is 2.38. The number of hydrazine groups is 2. The van der Waals surface area contributed by atoms with Crippen molar-refractivity contribution < 1.29 is 0 Å². The zero-order chi connectivity index (χ0) is 11.5. The van der Waals surface area contributed by atoms with Crippen molar-refractivity contribution in [3.8, 4) is 0 Å². The van der Waals surface area contributed by atoms with Gasteiger partial charge in [0.25, 0.3) is 0 Å². The van der Waals surface area contributed by atoms with Crippen molar-refractivity contribution in [1.29, 1.82) is 0 Å². The molecule has 1 aliphatic rings. The Morgan fingerprint density at radius 1 is 0.765 bits per heavy atom. The topological polar surface area (TPSA) is 30.9 Å². The summed E-state index contributed by atoms with van der Waals surface area (Å²) in [5, 5.41) is 7.91. The highest BCUT2D eigenvalue weighted by atomic mass is 15.9. The maximum absolute atomic E-state index is 4.08. The monoisotopic (exact) mass is 224 g/mol. The standard InChI is InChI=1S/C13H12N4/c1-3-7-12(8-4-1)16-11-14-15-17(16)13-9-5-2-6-10-13/h1-11,15H. The van der Waals surface area contributed by atoms with Gasteiger partial charge in [-0.1, -0.05) is 36.4 Å². The van der Waals surface area contributed by atoms with Crippen molar-refractivity contribution in [3.05, 3.63) is 60.7 Å². The molecular weight excluding hydrogens is 212 g/mol. The minimum atomic E-state index is 1.04. The van der Waals surface area contributed by atoms with Gasteiger partial charge in [-0.2, -0.15) is 10.7 Å². The Hall–Kier alpha value is -2.49. The molecule has 4 heteroatoms. The Balaban J connectivity index is 1.93. The first kappa shape index (κ1) is 9.72. The van der Waals surface area contributed by atoms with Crippen LogP contribution in [0.2, 0.25) is 0 Å². The van der Waals surface area contributed by atoms with Crippen molar-refractivity contribution in [3.63, 3.8) is 0 Å². The van der Waals surface area contributed by atoms with E-state index in [1.807, 2.05) is 70.8 Å². The molecule has 17 heavy (non-hydrogen) atoms. The molecule has 1 N–H and O–H groups in total. The number of rotatable bonds is 2. The van der Waals surface area contributed by atoms with Gasteiger partial charge < -0.3 is 0 Å². The number of hydrogen-bond acceptors (Lipinski definition) is 4. The van der Waals surface area contributed by atoms with E-state index in [1.54, 1.807) is 6.34 Å². The van der Waals surface area contributed by atoms with Gasteiger partial charge in [0.15, 0.2) is 0 Å². The lowest BCUT2D eigenvalue weighted by molar-refractivity contribution is 0.723. The van der Waals surface area contributed by atoms with Crippen molar-refractivity contribution >= 4 is 17.7 Å². The minimum absolute atomic E-state index is 1.04. The fraction of sp³-hybridized carbons (Fsp3) is 0. The zero-order valence-electron chi connectivity index (χ0n) is 9.19. The van der Waals surface area contributed by atoms with E-state index in [4.69, 9.17) is 0 Å². The van der Waals surface area contributed by atoms with Crippen LogP contribution in [0.4, 0.5) is 11.4 Å². The van der Waals surface area contributed by atoms with Gasteiger partial charge >= 0.3 is 0 Å². The molecule has 2 aromatic rings. The normalized spacial score (nSPS) is 13.9. The predicted molar refractivity (Wildman–Crippen MR) is 69.5 cm³/mol. The van der Waals surface area contributed by atoms with Gasteiger partial charge in [0, 0.05) is 0 Å². The molecule has 84 valence electrons. The molecule has 0 spiro atoms. The summed E-state index contributed by atoms with van der Waals surface area (Å²) in [5.74, 6) is 0. The molecular formula is C13H12N4. The first-order valence-corrected chi connectivity index (χ1v) is 5.43. The van der Waals surface area contributed by atoms with Gasteiger partial charge in [-0.15, -0.1) is 5.10 Å². The third kappa shape index (κ3) is 1.80. The van der Waals surface area contributed by atoms with E-state index in [-0.39, 0.29) is 0 Å². The van der Waals surface area contributed by atoms with Crippen LogP contribution in [0.15, 0.2) is 65.8 Å². The molecule has 3 rings (SSSR count). The fourth-order valence-electron chi connectivity index (χ4n) is 1.75. The number of nitrogens with zero attached hydrogens (tertiary/aromatic N) is 3. The number of para-hydroxylation sites is 2. The van der Waals surface area contributed by atoms with Crippen molar-refractivity contribution in [1.82, 2.24) is 5.53 Å². The van der Waals surface area contributed by atoms with E-state index >= 15 is 0 Å². The average molecular weight is 224 g/mol. The summed E-state index contributed by atoms with van der Waals surface area (Å²) in [6, 6.07) is 20.1. The minimum Gasteiger partial charge on any atom is -0.221 e. The van der Waals surface area contributed by atoms with Crippen LogP contribution in [0, 0.1) is 0 Å². The average Bonchev–Trinajstić information content (AvgIpc) is 2.90. The molecule has 0 aliphatic carbocycles. The van der Waals surface area contributed by atoms with Crippen LogP contribution < -0.4 is 15.7 Å². The van der Waals surface area contributed by atoms with Crippen LogP contribution >= 0.6 is 0 Å². The largest absolute Gasteiger partial charge is 0.221 e. The fourth-order valence-corrected chi connectivity index (χ4v) is 1.75. The molecule has 0 radical (unpaired) electrons. The van der Waals surface area contributed by atoms with Crippen molar-refractivity contribution in [2.75, 3.05) is 10.1 Å². The van der Waals surface area contributed by atoms with Gasteiger partial charge in [0.1, 0.15) is 6.34 Å². The summed E-state index contributed by atoms with van der Waals surface area (Å²) >= 11 is 0. The van der Waals surface area contributed by atoms with E-state index in [0.29, 0.717) is 0 Å². The number of anilines is 2. The van der Waals surface area contributed by atoms with Crippen molar-refractivity contribution in [2.24, 2.45) is 5.10 Å². The molecule has 0 fully saturated rings. The lowest BCUT2D eigenvalue weighted by Gasteiger charge is -2.27. The van der Waals surface area contributed by atoms with Crippen LogP contribution in [0.5, 0.6) is 0 Å². The van der Waals surface area contributed by atoms with Crippen molar-refractivity contribution in [2.45, 2.75) is 0 Å². The summed E-state index contributed by atoms with van der Waals surface area (Å²) in [6.07, 6.45) is 1.75. The van der Waals surface area contributed by atoms with Crippen LogP contribution in [-0.4, -0.2) is 6.34 Å². The zero-order valence-corrected chi connectivity index (χ0v) is 9.19. The third-order valence-electron chi connectivity index (χ3n) is 2.56. The van der Waals surface area contributed by atoms with Gasteiger partial charge in [-0.3, -0.25) is 0 Å². The molecule has 0 saturated heterocycles. The second-order valence-electron chi connectivity index (χ2n) is 3.67. The molecule has 0 bridgehead atoms. The third-order valence-corrected chi connectivity index (χ3v) is 2.56. The maximum Gasteiger partial charge on any atom is 0.139 e. The molecule has 1 heterocycles. The van der Waals surface area contributed by atoms with E-state index in [1.165, 1.54) is 0 Å². The van der Waals surface area contributed by atoms with Gasteiger partial charge in [0.2, 0.25) is 0 Å². The molecule has 0 amide bonds. The van der Waals surface area contributed by atoms with Crippen LogP contribution in [0.3, 0.4) is 0 Å². The summed E-state index contributed by atoms with van der Waals surface area (Å²) in [4.78, 5) is 0. The smallest absolute Gasteiger partial charge is 0.139 e. The SMILES string of the molecule is C1=NNN(c2ccccc2)N1c1ccccc1. The quantitative estimate of drug-likeness (QED) is 0.849. The second kappa shape index (κ2) is 4.17. The predicted octanol–water partition coefficient (Wildman–Crippen LogP) is 2.38. The Morgan fingerprint density at radius 2 is 1.35 bits per heavy atom. The number of hydrazone groups is 1. The summed E-state index contributed by atoms with van der Waals surface area (Å²) in [5.41, 5.74) is 5.05. The molecule has 1 aliphatic heterocycles. The number of hydrogen-bond donors (Lipinski definition) is 1. The van der Waals surface area contributed by atoms with Crippen LogP contribution in [-0.2, 0) is 0 Å². The highest BCUT2D eigenvalue weighted by Gasteiger charge is 2.18. The van der Waals surface area contributed by atoms with E-state index in [9.17, 15) is 0 Å². The molecule has 2 aromatic carbocycles. The second-order valence-corrected chi connectivity index (χ2v) is 3.67. The first-order chi connectivity index (χ1) is 8.45. The Morgan fingerprint density at radius 3 is 2.00 bits per heavy atom. The van der Waals surface area contributed by atoms with E-state index < -0.39 is 0 Å². The molecule has 0 atom stereocenters. The number of nitrogens with one attached hydrogen (secondary N) is 1. The highest BCUT2D eigenvalue weighted by Crippen LogP contribution is 2.21. The summed E-state index contributed by atoms with van der Waals surface area (Å²) < 4.78 is 0. The molecule has 4 nitrogen and oxygen atoms in total. The van der Waals surface area contributed by atoms with Gasteiger partial charge in [0.05, 0.1) is 11.4 Å².